The summed E-state index contributed by atoms with van der Waals surface area (Å²) in [6, 6.07) is 9.46. The number of carbonyl (C=O) groups is 2. The van der Waals surface area contributed by atoms with Crippen LogP contribution in [0.25, 0.3) is 0 Å². The fourth-order valence-corrected chi connectivity index (χ4v) is 2.51. The van der Waals surface area contributed by atoms with Crippen molar-refractivity contribution in [2.75, 3.05) is 0 Å². The zero-order valence-corrected chi connectivity index (χ0v) is 10.7. The van der Waals surface area contributed by atoms with Crippen molar-refractivity contribution in [3.63, 3.8) is 0 Å². The number of hydrogen-bond donors (Lipinski definition) is 1. The van der Waals surface area contributed by atoms with E-state index in [1.54, 1.807) is 30.3 Å². The van der Waals surface area contributed by atoms with Crippen LogP contribution in [0.2, 0.25) is 0 Å². The molecule has 18 heavy (non-hydrogen) atoms. The van der Waals surface area contributed by atoms with Crippen LogP contribution < -0.4 is 0 Å². The summed E-state index contributed by atoms with van der Waals surface area (Å²) >= 11 is 3.27. The summed E-state index contributed by atoms with van der Waals surface area (Å²) in [4.78, 5) is 24.5. The summed E-state index contributed by atoms with van der Waals surface area (Å²) < 4.78 is 0.723. The first-order valence-corrected chi connectivity index (χ1v) is 6.10. The van der Waals surface area contributed by atoms with Crippen molar-refractivity contribution in [3.05, 3.63) is 63.1 Å². The number of halogens is 1. The fourth-order valence-electron chi connectivity index (χ4n) is 2.15. The Labute approximate surface area is 111 Å². The van der Waals surface area contributed by atoms with Gasteiger partial charge in [0.05, 0.1) is 5.56 Å². The average molecular weight is 303 g/mol. The second-order valence-electron chi connectivity index (χ2n) is 4.05. The monoisotopic (exact) mass is 302 g/mol. The van der Waals surface area contributed by atoms with Gasteiger partial charge in [0.2, 0.25) is 0 Å². The minimum Gasteiger partial charge on any atom is -0.507 e. The molecule has 0 aliphatic heterocycles. The molecule has 0 aromatic heterocycles. The molecule has 0 heterocycles. The molecule has 4 heteroatoms. The first kappa shape index (κ1) is 11.2. The Kier molecular flexibility index (Phi) is 2.35. The summed E-state index contributed by atoms with van der Waals surface area (Å²) in [5.41, 5.74) is 1.05. The molecule has 0 fully saturated rings. The zero-order valence-electron chi connectivity index (χ0n) is 9.11. The number of rotatable bonds is 0. The Hall–Kier alpha value is -1.94. The molecule has 0 saturated carbocycles. The van der Waals surface area contributed by atoms with Crippen LogP contribution in [0.1, 0.15) is 31.8 Å². The van der Waals surface area contributed by atoms with Crippen molar-refractivity contribution in [1.82, 2.24) is 0 Å². The normalized spacial score (nSPS) is 13.2. The Morgan fingerprint density at radius 3 is 2.44 bits per heavy atom. The minimum atomic E-state index is -0.320. The smallest absolute Gasteiger partial charge is 0.198 e. The predicted octanol–water partition coefficient (Wildman–Crippen LogP) is 2.93. The second kappa shape index (κ2) is 3.78. The van der Waals surface area contributed by atoms with Gasteiger partial charge in [-0.25, -0.2) is 0 Å². The van der Waals surface area contributed by atoms with Crippen molar-refractivity contribution in [2.45, 2.75) is 0 Å². The molecular weight excluding hydrogens is 296 g/mol. The molecule has 3 rings (SSSR count). The molecule has 1 aliphatic carbocycles. The van der Waals surface area contributed by atoms with Gasteiger partial charge in [0, 0.05) is 21.2 Å². The second-order valence-corrected chi connectivity index (χ2v) is 4.96. The van der Waals surface area contributed by atoms with E-state index in [1.807, 2.05) is 0 Å². The summed E-state index contributed by atoms with van der Waals surface area (Å²) in [7, 11) is 0. The molecule has 1 aliphatic rings. The highest BCUT2D eigenvalue weighted by molar-refractivity contribution is 9.10. The first-order valence-electron chi connectivity index (χ1n) is 5.30. The number of carbonyl (C=O) groups excluding carboxylic acids is 2. The summed E-state index contributed by atoms with van der Waals surface area (Å²) in [6.45, 7) is 0. The Bertz CT molecular complexity index is 704. The topological polar surface area (TPSA) is 54.4 Å². The van der Waals surface area contributed by atoms with Crippen molar-refractivity contribution >= 4 is 27.5 Å². The summed E-state index contributed by atoms with van der Waals surface area (Å²) in [6.07, 6.45) is 0. The van der Waals surface area contributed by atoms with Gasteiger partial charge in [0.15, 0.2) is 11.6 Å². The Balaban J connectivity index is 2.36. The van der Waals surface area contributed by atoms with Gasteiger partial charge in [0.25, 0.3) is 0 Å². The van der Waals surface area contributed by atoms with E-state index >= 15 is 0 Å². The van der Waals surface area contributed by atoms with E-state index in [9.17, 15) is 14.7 Å². The largest absolute Gasteiger partial charge is 0.507 e. The SMILES string of the molecule is O=C1c2ccc(Br)cc2C(=O)c2c(O)cccc21. The van der Waals surface area contributed by atoms with Crippen molar-refractivity contribution < 1.29 is 14.7 Å². The highest BCUT2D eigenvalue weighted by Gasteiger charge is 2.31. The van der Waals surface area contributed by atoms with Gasteiger partial charge < -0.3 is 5.11 Å². The standard InChI is InChI=1S/C14H7BrO3/c15-7-4-5-8-10(6-7)14(18)12-9(13(8)17)2-1-3-11(12)16/h1-6,16H. The van der Waals surface area contributed by atoms with Crippen molar-refractivity contribution in [1.29, 1.82) is 0 Å². The summed E-state index contributed by atoms with van der Waals surface area (Å²) in [5, 5.41) is 9.75. The third-order valence-corrected chi connectivity index (χ3v) is 3.48. The van der Waals surface area contributed by atoms with Gasteiger partial charge in [-0.1, -0.05) is 28.1 Å². The number of phenols is 1. The maximum Gasteiger partial charge on any atom is 0.198 e. The fraction of sp³-hybridized carbons (Fsp3) is 0. The number of ketones is 2. The van der Waals surface area contributed by atoms with Gasteiger partial charge in [-0.15, -0.1) is 0 Å². The molecule has 0 saturated heterocycles. The predicted molar refractivity (Wildman–Crippen MR) is 69.1 cm³/mol. The zero-order chi connectivity index (χ0) is 12.9. The average Bonchev–Trinajstić information content (AvgIpc) is 2.35. The van der Waals surface area contributed by atoms with E-state index in [0.717, 1.165) is 4.47 Å². The maximum atomic E-state index is 12.3. The highest BCUT2D eigenvalue weighted by Crippen LogP contribution is 2.33. The van der Waals surface area contributed by atoms with Crippen molar-refractivity contribution in [2.24, 2.45) is 0 Å². The van der Waals surface area contributed by atoms with Crippen LogP contribution in [0.5, 0.6) is 5.75 Å². The van der Waals surface area contributed by atoms with Gasteiger partial charge in [-0.2, -0.15) is 0 Å². The van der Waals surface area contributed by atoms with Gasteiger partial charge in [-0.3, -0.25) is 9.59 Å². The lowest BCUT2D eigenvalue weighted by molar-refractivity contribution is 0.0976. The van der Waals surface area contributed by atoms with E-state index in [0.29, 0.717) is 11.1 Å². The van der Waals surface area contributed by atoms with E-state index in [2.05, 4.69) is 15.9 Å². The van der Waals surface area contributed by atoms with Crippen LogP contribution >= 0.6 is 15.9 Å². The van der Waals surface area contributed by atoms with Crippen LogP contribution in [0, 0.1) is 0 Å². The van der Waals surface area contributed by atoms with E-state index in [-0.39, 0.29) is 28.4 Å². The van der Waals surface area contributed by atoms with Gasteiger partial charge in [0.1, 0.15) is 5.75 Å². The van der Waals surface area contributed by atoms with Crippen LogP contribution in [-0.4, -0.2) is 16.7 Å². The highest BCUT2D eigenvalue weighted by atomic mass is 79.9. The third kappa shape index (κ3) is 1.42. The number of phenolic OH excluding ortho intramolecular Hbond substituents is 1. The van der Waals surface area contributed by atoms with Crippen LogP contribution in [0.4, 0.5) is 0 Å². The molecule has 1 N–H and O–H groups in total. The summed E-state index contributed by atoms with van der Waals surface area (Å²) in [5.74, 6) is -0.710. The molecule has 3 nitrogen and oxygen atoms in total. The Morgan fingerprint density at radius 2 is 1.67 bits per heavy atom. The lowest BCUT2D eigenvalue weighted by Gasteiger charge is -2.18. The third-order valence-electron chi connectivity index (χ3n) is 2.99. The molecular formula is C14H7BrO3. The van der Waals surface area contributed by atoms with E-state index in [1.165, 1.54) is 6.07 Å². The van der Waals surface area contributed by atoms with Crippen LogP contribution in [-0.2, 0) is 0 Å². The van der Waals surface area contributed by atoms with Crippen LogP contribution in [0.3, 0.4) is 0 Å². The molecule has 2 aromatic carbocycles. The lowest BCUT2D eigenvalue weighted by Crippen LogP contribution is -2.20. The molecule has 0 atom stereocenters. The number of benzene rings is 2. The Morgan fingerprint density at radius 1 is 0.889 bits per heavy atom. The van der Waals surface area contributed by atoms with Crippen LogP contribution in [0.15, 0.2) is 40.9 Å². The van der Waals surface area contributed by atoms with Gasteiger partial charge >= 0.3 is 0 Å². The number of fused-ring (bicyclic) bond motifs is 2. The van der Waals surface area contributed by atoms with E-state index < -0.39 is 0 Å². The lowest BCUT2D eigenvalue weighted by atomic mass is 9.84. The first-order chi connectivity index (χ1) is 8.59. The van der Waals surface area contributed by atoms with Crippen molar-refractivity contribution in [3.8, 4) is 5.75 Å². The number of aromatic hydroxyl groups is 1. The van der Waals surface area contributed by atoms with E-state index in [4.69, 9.17) is 0 Å². The number of hydrogen-bond acceptors (Lipinski definition) is 3. The maximum absolute atomic E-state index is 12.3. The molecule has 0 amide bonds. The minimum absolute atomic E-state index is 0.0908. The molecule has 0 unspecified atom stereocenters. The molecule has 88 valence electrons. The molecule has 0 bridgehead atoms. The molecule has 2 aromatic rings. The van der Waals surface area contributed by atoms with Gasteiger partial charge in [-0.05, 0) is 24.3 Å². The molecule has 0 spiro atoms. The molecule has 0 radical (unpaired) electrons. The quantitative estimate of drug-likeness (QED) is 0.694.